The first-order valence-electron chi connectivity index (χ1n) is 7.94. The van der Waals surface area contributed by atoms with Gasteiger partial charge in [-0.25, -0.2) is 9.97 Å². The van der Waals surface area contributed by atoms with E-state index in [9.17, 15) is 4.79 Å². The van der Waals surface area contributed by atoms with Crippen LogP contribution in [-0.4, -0.2) is 40.5 Å². The van der Waals surface area contributed by atoms with Crippen LogP contribution >= 0.6 is 24.8 Å². The summed E-state index contributed by atoms with van der Waals surface area (Å²) in [6.07, 6.45) is 5.20. The number of aryl methyl sites for hydroxylation is 1. The predicted octanol–water partition coefficient (Wildman–Crippen LogP) is 1.76. The van der Waals surface area contributed by atoms with Gasteiger partial charge >= 0.3 is 0 Å². The number of amides is 1. The van der Waals surface area contributed by atoms with E-state index in [0.29, 0.717) is 6.54 Å². The Hall–Kier alpha value is -1.83. The van der Waals surface area contributed by atoms with E-state index in [1.165, 1.54) is 0 Å². The highest BCUT2D eigenvalue weighted by Gasteiger charge is 2.27. The molecule has 0 radical (unpaired) electrons. The van der Waals surface area contributed by atoms with Crippen LogP contribution in [0.2, 0.25) is 0 Å². The Bertz CT molecular complexity index is 661. The van der Waals surface area contributed by atoms with Gasteiger partial charge in [-0.05, 0) is 25.0 Å². The Morgan fingerprint density at radius 2 is 2.12 bits per heavy atom. The van der Waals surface area contributed by atoms with Crippen molar-refractivity contribution in [2.24, 2.45) is 0 Å². The molecule has 1 aliphatic rings. The van der Waals surface area contributed by atoms with Crippen molar-refractivity contribution in [1.29, 1.82) is 0 Å². The second-order valence-electron chi connectivity index (χ2n) is 5.70. The Morgan fingerprint density at radius 1 is 1.28 bits per heavy atom. The number of hydrogen-bond donors (Lipinski definition) is 4. The van der Waals surface area contributed by atoms with Crippen molar-refractivity contribution in [1.82, 2.24) is 25.6 Å². The monoisotopic (exact) mass is 386 g/mol. The van der Waals surface area contributed by atoms with Gasteiger partial charge in [0.25, 0.3) is 0 Å². The van der Waals surface area contributed by atoms with Crippen LogP contribution in [0, 0.1) is 6.92 Å². The lowest BCUT2D eigenvalue weighted by molar-refractivity contribution is -0.123. The SMILES string of the molecule is Cc1ccc(NCCCNC(=O)C2NCCc3[nH]cnc32)nc1.Cl.Cl. The normalized spacial score (nSPS) is 15.3. The molecule has 1 amide bonds. The van der Waals surface area contributed by atoms with Gasteiger partial charge in [0, 0.05) is 37.9 Å². The van der Waals surface area contributed by atoms with Gasteiger partial charge in [0.2, 0.25) is 5.91 Å². The molecule has 0 fully saturated rings. The van der Waals surface area contributed by atoms with Crippen LogP contribution in [0.15, 0.2) is 24.7 Å². The molecule has 138 valence electrons. The fraction of sp³-hybridized carbons (Fsp3) is 0.438. The van der Waals surface area contributed by atoms with Gasteiger partial charge in [-0.15, -0.1) is 24.8 Å². The molecular weight excluding hydrogens is 363 g/mol. The molecule has 1 atom stereocenters. The number of nitrogens with zero attached hydrogens (tertiary/aromatic N) is 2. The molecule has 0 aromatic carbocycles. The van der Waals surface area contributed by atoms with E-state index < -0.39 is 0 Å². The smallest absolute Gasteiger partial charge is 0.243 e. The van der Waals surface area contributed by atoms with E-state index in [2.05, 4.69) is 30.9 Å². The molecule has 25 heavy (non-hydrogen) atoms. The van der Waals surface area contributed by atoms with E-state index in [4.69, 9.17) is 0 Å². The van der Waals surface area contributed by atoms with Crippen LogP contribution in [0.5, 0.6) is 0 Å². The van der Waals surface area contributed by atoms with Gasteiger partial charge in [-0.3, -0.25) is 4.79 Å². The van der Waals surface area contributed by atoms with E-state index in [0.717, 1.165) is 48.7 Å². The zero-order chi connectivity index (χ0) is 16.1. The molecule has 0 aliphatic carbocycles. The van der Waals surface area contributed by atoms with Crippen LogP contribution in [0.3, 0.4) is 0 Å². The standard InChI is InChI=1S/C16H22N6O.2ClH/c1-11-3-4-13(20-9-11)17-6-2-7-19-16(23)15-14-12(5-8-18-15)21-10-22-14;;/h3-4,9-10,15,18H,2,5-8H2,1H3,(H,17,20)(H,19,23)(H,21,22);2*1H. The molecule has 1 unspecified atom stereocenters. The van der Waals surface area contributed by atoms with Gasteiger partial charge in [0.05, 0.1) is 12.0 Å². The average molecular weight is 387 g/mol. The lowest BCUT2D eigenvalue weighted by atomic mass is 10.1. The lowest BCUT2D eigenvalue weighted by Gasteiger charge is -2.22. The summed E-state index contributed by atoms with van der Waals surface area (Å²) in [4.78, 5) is 23.9. The summed E-state index contributed by atoms with van der Waals surface area (Å²) in [6, 6.07) is 3.63. The number of pyridine rings is 1. The first-order chi connectivity index (χ1) is 11.2. The number of halogens is 2. The minimum Gasteiger partial charge on any atom is -0.370 e. The van der Waals surface area contributed by atoms with Crippen molar-refractivity contribution in [2.75, 3.05) is 25.0 Å². The molecule has 0 bridgehead atoms. The Labute approximate surface area is 159 Å². The van der Waals surface area contributed by atoms with Gasteiger partial charge in [0.15, 0.2) is 0 Å². The highest BCUT2D eigenvalue weighted by atomic mass is 35.5. The topological polar surface area (TPSA) is 94.7 Å². The zero-order valence-corrected chi connectivity index (χ0v) is 15.7. The van der Waals surface area contributed by atoms with Gasteiger partial charge in [0.1, 0.15) is 11.9 Å². The number of nitrogens with one attached hydrogen (secondary N) is 4. The summed E-state index contributed by atoms with van der Waals surface area (Å²) in [7, 11) is 0. The molecule has 4 N–H and O–H groups in total. The fourth-order valence-corrected chi connectivity index (χ4v) is 2.63. The van der Waals surface area contributed by atoms with E-state index >= 15 is 0 Å². The summed E-state index contributed by atoms with van der Waals surface area (Å²) in [6.45, 7) is 4.18. The molecular formula is C16H24Cl2N6O. The van der Waals surface area contributed by atoms with Crippen LogP contribution in [0.25, 0.3) is 0 Å². The van der Waals surface area contributed by atoms with Crippen LogP contribution in [0.1, 0.15) is 29.4 Å². The van der Waals surface area contributed by atoms with Gasteiger partial charge in [-0.2, -0.15) is 0 Å². The number of fused-ring (bicyclic) bond motifs is 1. The van der Waals surface area contributed by atoms with Crippen molar-refractivity contribution >= 4 is 36.5 Å². The summed E-state index contributed by atoms with van der Waals surface area (Å²) in [5, 5.41) is 9.42. The molecule has 0 saturated carbocycles. The van der Waals surface area contributed by atoms with E-state index in [-0.39, 0.29) is 36.8 Å². The average Bonchev–Trinajstić information content (AvgIpc) is 3.04. The van der Waals surface area contributed by atoms with Crippen LogP contribution < -0.4 is 16.0 Å². The first-order valence-corrected chi connectivity index (χ1v) is 7.94. The zero-order valence-electron chi connectivity index (χ0n) is 14.0. The molecule has 1 aliphatic heterocycles. The number of hydrogen-bond acceptors (Lipinski definition) is 5. The van der Waals surface area contributed by atoms with E-state index in [1.54, 1.807) is 6.33 Å². The molecule has 0 spiro atoms. The fourth-order valence-electron chi connectivity index (χ4n) is 2.63. The molecule has 3 heterocycles. The largest absolute Gasteiger partial charge is 0.370 e. The minimum atomic E-state index is -0.350. The van der Waals surface area contributed by atoms with Crippen molar-refractivity contribution in [3.05, 3.63) is 41.6 Å². The summed E-state index contributed by atoms with van der Waals surface area (Å²) < 4.78 is 0. The summed E-state index contributed by atoms with van der Waals surface area (Å²) in [5.74, 6) is 0.837. The van der Waals surface area contributed by atoms with Crippen molar-refractivity contribution in [3.63, 3.8) is 0 Å². The third-order valence-corrected chi connectivity index (χ3v) is 3.88. The number of aromatic nitrogens is 3. The highest BCUT2D eigenvalue weighted by molar-refractivity contribution is 5.85. The Morgan fingerprint density at radius 3 is 2.88 bits per heavy atom. The number of anilines is 1. The number of rotatable bonds is 6. The summed E-state index contributed by atoms with van der Waals surface area (Å²) >= 11 is 0. The maximum atomic E-state index is 12.3. The molecule has 2 aromatic heterocycles. The number of imidazole rings is 1. The quantitative estimate of drug-likeness (QED) is 0.567. The molecule has 2 aromatic rings. The maximum absolute atomic E-state index is 12.3. The molecule has 3 rings (SSSR count). The van der Waals surface area contributed by atoms with Crippen molar-refractivity contribution in [2.45, 2.75) is 25.8 Å². The number of aromatic amines is 1. The first kappa shape index (κ1) is 21.2. The number of carbonyl (C=O) groups excluding carboxylic acids is 1. The van der Waals surface area contributed by atoms with Gasteiger partial charge in [-0.1, -0.05) is 6.07 Å². The predicted molar refractivity (Wildman–Crippen MR) is 103 cm³/mol. The van der Waals surface area contributed by atoms with Crippen LogP contribution in [-0.2, 0) is 11.2 Å². The van der Waals surface area contributed by atoms with Crippen LogP contribution in [0.4, 0.5) is 5.82 Å². The Balaban J connectivity index is 0.00000156. The molecule has 7 nitrogen and oxygen atoms in total. The maximum Gasteiger partial charge on any atom is 0.243 e. The number of carbonyl (C=O) groups is 1. The second kappa shape index (κ2) is 10.2. The third-order valence-electron chi connectivity index (χ3n) is 3.88. The van der Waals surface area contributed by atoms with E-state index in [1.807, 2.05) is 25.3 Å². The minimum absolute atomic E-state index is 0. The Kier molecular flexibility index (Phi) is 8.68. The number of H-pyrrole nitrogens is 1. The van der Waals surface area contributed by atoms with Crippen molar-refractivity contribution in [3.8, 4) is 0 Å². The molecule has 0 saturated heterocycles. The third kappa shape index (κ3) is 5.59. The summed E-state index contributed by atoms with van der Waals surface area (Å²) in [5.41, 5.74) is 3.01. The van der Waals surface area contributed by atoms with Gasteiger partial charge < -0.3 is 20.9 Å². The highest BCUT2D eigenvalue weighted by Crippen LogP contribution is 2.18. The van der Waals surface area contributed by atoms with Crippen molar-refractivity contribution < 1.29 is 4.79 Å². The lowest BCUT2D eigenvalue weighted by Crippen LogP contribution is -2.42. The molecule has 9 heteroatoms. The second-order valence-corrected chi connectivity index (χ2v) is 5.70.